The van der Waals surface area contributed by atoms with Crippen molar-refractivity contribution in [2.24, 2.45) is 0 Å². The lowest BCUT2D eigenvalue weighted by Crippen LogP contribution is -2.05. The van der Waals surface area contributed by atoms with E-state index in [1.54, 1.807) is 11.8 Å². The minimum atomic E-state index is -0.0645. The van der Waals surface area contributed by atoms with Gasteiger partial charge in [0.1, 0.15) is 0 Å². The molecule has 0 saturated carbocycles. The Morgan fingerprint density at radius 2 is 1.95 bits per heavy atom. The molecule has 0 aliphatic rings. The predicted octanol–water partition coefficient (Wildman–Crippen LogP) is 3.53. The zero-order valence-corrected chi connectivity index (χ0v) is 13.3. The lowest BCUT2D eigenvalue weighted by atomic mass is 10.1. The highest BCUT2D eigenvalue weighted by molar-refractivity contribution is 7.98. The SMILES string of the molecule is CC(=O)Nc1ccc(SCc2ncc(C)c(N)c2C)cc1. The topological polar surface area (TPSA) is 68.0 Å². The third-order valence-electron chi connectivity index (χ3n) is 3.23. The molecule has 110 valence electrons. The molecule has 21 heavy (non-hydrogen) atoms. The maximum absolute atomic E-state index is 11.0. The van der Waals surface area contributed by atoms with E-state index in [0.717, 1.165) is 38.8 Å². The smallest absolute Gasteiger partial charge is 0.221 e. The number of nitrogens with one attached hydrogen (secondary N) is 1. The molecule has 5 heteroatoms. The number of carbonyl (C=O) groups is 1. The van der Waals surface area contributed by atoms with Crippen LogP contribution in [0.2, 0.25) is 0 Å². The number of benzene rings is 1. The van der Waals surface area contributed by atoms with Gasteiger partial charge in [0.05, 0.1) is 5.69 Å². The molecule has 0 radical (unpaired) electrons. The van der Waals surface area contributed by atoms with Gasteiger partial charge < -0.3 is 11.1 Å². The molecule has 0 bridgehead atoms. The number of rotatable bonds is 4. The standard InChI is InChI=1S/C16H19N3OS/c1-10-8-18-15(11(2)16(10)17)9-21-14-6-4-13(5-7-14)19-12(3)20/h4-8H,9H2,1-3H3,(H2,17,18)(H,19,20). The average Bonchev–Trinajstić information content (AvgIpc) is 2.45. The number of nitrogens with zero attached hydrogens (tertiary/aromatic N) is 1. The minimum Gasteiger partial charge on any atom is -0.398 e. The van der Waals surface area contributed by atoms with Gasteiger partial charge in [-0.25, -0.2) is 0 Å². The molecule has 0 saturated heterocycles. The van der Waals surface area contributed by atoms with Gasteiger partial charge in [-0.3, -0.25) is 9.78 Å². The number of pyridine rings is 1. The Balaban J connectivity index is 2.03. The number of nitrogen functional groups attached to an aromatic ring is 1. The summed E-state index contributed by atoms with van der Waals surface area (Å²) in [6.07, 6.45) is 1.82. The van der Waals surface area contributed by atoms with Crippen LogP contribution in [0.4, 0.5) is 11.4 Å². The van der Waals surface area contributed by atoms with E-state index in [1.807, 2.05) is 44.3 Å². The van der Waals surface area contributed by atoms with Crippen molar-refractivity contribution in [2.45, 2.75) is 31.4 Å². The molecular weight excluding hydrogens is 282 g/mol. The lowest BCUT2D eigenvalue weighted by Gasteiger charge is -2.10. The van der Waals surface area contributed by atoms with Crippen LogP contribution in [0, 0.1) is 13.8 Å². The summed E-state index contributed by atoms with van der Waals surface area (Å²) in [6.45, 7) is 5.47. The number of nitrogens with two attached hydrogens (primary N) is 1. The summed E-state index contributed by atoms with van der Waals surface area (Å²) < 4.78 is 0. The molecule has 1 aromatic carbocycles. The fourth-order valence-corrected chi connectivity index (χ4v) is 2.85. The second-order valence-electron chi connectivity index (χ2n) is 4.92. The van der Waals surface area contributed by atoms with Crippen molar-refractivity contribution in [2.75, 3.05) is 11.1 Å². The van der Waals surface area contributed by atoms with Gasteiger partial charge in [-0.2, -0.15) is 0 Å². The molecule has 0 aliphatic carbocycles. The Morgan fingerprint density at radius 3 is 2.57 bits per heavy atom. The summed E-state index contributed by atoms with van der Waals surface area (Å²) >= 11 is 1.70. The first-order valence-corrected chi connectivity index (χ1v) is 7.67. The summed E-state index contributed by atoms with van der Waals surface area (Å²) in [5.41, 5.74) is 10.7. The Hall–Kier alpha value is -2.01. The fraction of sp³-hybridized carbons (Fsp3) is 0.250. The molecule has 3 N–H and O–H groups in total. The highest BCUT2D eigenvalue weighted by atomic mass is 32.2. The van der Waals surface area contributed by atoms with E-state index < -0.39 is 0 Å². The number of hydrogen-bond donors (Lipinski definition) is 2. The van der Waals surface area contributed by atoms with E-state index in [2.05, 4.69) is 10.3 Å². The van der Waals surface area contributed by atoms with E-state index in [9.17, 15) is 4.79 Å². The van der Waals surface area contributed by atoms with Gasteiger partial charge in [-0.1, -0.05) is 0 Å². The number of aryl methyl sites for hydroxylation is 1. The molecule has 0 spiro atoms. The molecule has 2 rings (SSSR count). The predicted molar refractivity (Wildman–Crippen MR) is 88.4 cm³/mol. The molecular formula is C16H19N3OS. The van der Waals surface area contributed by atoms with Crippen molar-refractivity contribution in [3.8, 4) is 0 Å². The van der Waals surface area contributed by atoms with Crippen LogP contribution in [0.5, 0.6) is 0 Å². The van der Waals surface area contributed by atoms with Gasteiger partial charge in [0.15, 0.2) is 0 Å². The monoisotopic (exact) mass is 301 g/mol. The fourth-order valence-electron chi connectivity index (χ4n) is 1.93. The average molecular weight is 301 g/mol. The number of aromatic nitrogens is 1. The molecule has 1 amide bonds. The second-order valence-corrected chi connectivity index (χ2v) is 5.97. The minimum absolute atomic E-state index is 0.0645. The van der Waals surface area contributed by atoms with Crippen LogP contribution in [0.15, 0.2) is 35.4 Å². The second kappa shape index (κ2) is 6.63. The van der Waals surface area contributed by atoms with Gasteiger partial charge in [-0.15, -0.1) is 11.8 Å². The highest BCUT2D eigenvalue weighted by Gasteiger charge is 2.07. The Labute approximate surface area is 129 Å². The number of thioether (sulfide) groups is 1. The summed E-state index contributed by atoms with van der Waals surface area (Å²) in [7, 11) is 0. The van der Waals surface area contributed by atoms with Gasteiger partial charge in [0, 0.05) is 35.1 Å². The molecule has 0 aliphatic heterocycles. The van der Waals surface area contributed by atoms with Gasteiger partial charge >= 0.3 is 0 Å². The maximum atomic E-state index is 11.0. The third-order valence-corrected chi connectivity index (χ3v) is 4.25. The highest BCUT2D eigenvalue weighted by Crippen LogP contribution is 2.27. The summed E-state index contributed by atoms with van der Waals surface area (Å²) in [6, 6.07) is 7.77. The summed E-state index contributed by atoms with van der Waals surface area (Å²) in [4.78, 5) is 16.6. The van der Waals surface area contributed by atoms with E-state index in [0.29, 0.717) is 0 Å². The van der Waals surface area contributed by atoms with Crippen molar-refractivity contribution in [1.82, 2.24) is 4.98 Å². The number of amides is 1. The number of carbonyl (C=O) groups excluding carboxylic acids is 1. The van der Waals surface area contributed by atoms with E-state index >= 15 is 0 Å². The molecule has 0 unspecified atom stereocenters. The normalized spacial score (nSPS) is 10.4. The van der Waals surface area contributed by atoms with Crippen LogP contribution >= 0.6 is 11.8 Å². The first kappa shape index (κ1) is 15.4. The first-order valence-electron chi connectivity index (χ1n) is 6.68. The van der Waals surface area contributed by atoms with Gasteiger partial charge in [0.2, 0.25) is 5.91 Å². The number of hydrogen-bond acceptors (Lipinski definition) is 4. The van der Waals surface area contributed by atoms with E-state index in [4.69, 9.17) is 5.73 Å². The van der Waals surface area contributed by atoms with E-state index in [-0.39, 0.29) is 5.91 Å². The van der Waals surface area contributed by atoms with Crippen molar-refractivity contribution < 1.29 is 4.79 Å². The largest absolute Gasteiger partial charge is 0.398 e. The van der Waals surface area contributed by atoms with Crippen LogP contribution in [0.3, 0.4) is 0 Å². The molecule has 1 aromatic heterocycles. The number of anilines is 2. The molecule has 1 heterocycles. The first-order chi connectivity index (χ1) is 9.97. The Morgan fingerprint density at radius 1 is 1.29 bits per heavy atom. The van der Waals surface area contributed by atoms with Crippen LogP contribution in [0.1, 0.15) is 23.7 Å². The van der Waals surface area contributed by atoms with Crippen molar-refractivity contribution in [3.63, 3.8) is 0 Å². The maximum Gasteiger partial charge on any atom is 0.221 e. The van der Waals surface area contributed by atoms with Crippen LogP contribution in [-0.4, -0.2) is 10.9 Å². The lowest BCUT2D eigenvalue weighted by molar-refractivity contribution is -0.114. The quantitative estimate of drug-likeness (QED) is 0.848. The van der Waals surface area contributed by atoms with Gasteiger partial charge in [-0.05, 0) is 49.2 Å². The zero-order chi connectivity index (χ0) is 15.4. The van der Waals surface area contributed by atoms with Gasteiger partial charge in [0.25, 0.3) is 0 Å². The van der Waals surface area contributed by atoms with Crippen molar-refractivity contribution in [3.05, 3.63) is 47.3 Å². The Kier molecular flexibility index (Phi) is 4.85. The summed E-state index contributed by atoms with van der Waals surface area (Å²) in [5.74, 6) is 0.709. The molecule has 2 aromatic rings. The van der Waals surface area contributed by atoms with Crippen LogP contribution in [-0.2, 0) is 10.5 Å². The van der Waals surface area contributed by atoms with E-state index in [1.165, 1.54) is 6.92 Å². The third kappa shape index (κ3) is 3.98. The van der Waals surface area contributed by atoms with Crippen LogP contribution in [0.25, 0.3) is 0 Å². The molecule has 0 atom stereocenters. The van der Waals surface area contributed by atoms with Crippen molar-refractivity contribution >= 4 is 29.0 Å². The molecule has 0 fully saturated rings. The van der Waals surface area contributed by atoms with Crippen LogP contribution < -0.4 is 11.1 Å². The molecule has 4 nitrogen and oxygen atoms in total. The zero-order valence-electron chi connectivity index (χ0n) is 12.4. The van der Waals surface area contributed by atoms with Crippen molar-refractivity contribution in [1.29, 1.82) is 0 Å². The Bertz CT molecular complexity index is 653. The summed E-state index contributed by atoms with van der Waals surface area (Å²) in [5, 5.41) is 2.75.